The van der Waals surface area contributed by atoms with E-state index in [0.29, 0.717) is 17.0 Å². The monoisotopic (exact) mass is 371 g/mol. The number of nitro groups is 1. The van der Waals surface area contributed by atoms with Gasteiger partial charge in [0.1, 0.15) is 0 Å². The number of nitriles is 1. The zero-order valence-electron chi connectivity index (χ0n) is 14.3. The number of carbonyl (C=O) groups is 1. The molecule has 2 rings (SSSR count). The van der Waals surface area contributed by atoms with E-state index in [9.17, 15) is 14.9 Å². The summed E-state index contributed by atoms with van der Waals surface area (Å²) in [4.78, 5) is 24.3. The Morgan fingerprint density at radius 1 is 1.35 bits per heavy atom. The van der Waals surface area contributed by atoms with Gasteiger partial charge in [0.05, 0.1) is 29.4 Å². The molecule has 0 unspecified atom stereocenters. The lowest BCUT2D eigenvalue weighted by Crippen LogP contribution is -2.28. The summed E-state index contributed by atoms with van der Waals surface area (Å²) in [5.74, 6) is 0.764. The molecule has 0 aliphatic heterocycles. The third-order valence-corrected chi connectivity index (χ3v) is 4.66. The molecule has 0 fully saturated rings. The van der Waals surface area contributed by atoms with E-state index < -0.39 is 4.92 Å². The van der Waals surface area contributed by atoms with Crippen molar-refractivity contribution in [1.82, 2.24) is 0 Å². The van der Waals surface area contributed by atoms with Crippen molar-refractivity contribution in [3.05, 3.63) is 63.7 Å². The lowest BCUT2D eigenvalue weighted by atomic mass is 10.2. The van der Waals surface area contributed by atoms with Gasteiger partial charge in [0, 0.05) is 24.6 Å². The van der Waals surface area contributed by atoms with Gasteiger partial charge in [-0.1, -0.05) is 12.1 Å². The fourth-order valence-corrected chi connectivity index (χ4v) is 3.13. The fourth-order valence-electron chi connectivity index (χ4n) is 2.25. The molecular formula is C18H17N3O4S. The number of benzene rings is 2. The van der Waals surface area contributed by atoms with Crippen molar-refractivity contribution in [2.24, 2.45) is 0 Å². The topological polar surface area (TPSA) is 96.5 Å². The largest absolute Gasteiger partial charge is 0.490 e. The summed E-state index contributed by atoms with van der Waals surface area (Å²) in [5.41, 5.74) is 1.78. The molecule has 2 aromatic rings. The SMILES string of the molecule is COc1ccc(CSCC(=O)N(C)c2cccc(C#N)c2)cc1[N+](=O)[O-]. The van der Waals surface area contributed by atoms with E-state index in [1.165, 1.54) is 29.8 Å². The van der Waals surface area contributed by atoms with Gasteiger partial charge in [-0.05, 0) is 29.8 Å². The van der Waals surface area contributed by atoms with Crippen molar-refractivity contribution >= 4 is 29.0 Å². The van der Waals surface area contributed by atoms with Gasteiger partial charge in [-0.3, -0.25) is 14.9 Å². The lowest BCUT2D eigenvalue weighted by molar-refractivity contribution is -0.385. The van der Waals surface area contributed by atoms with Gasteiger partial charge in [-0.2, -0.15) is 5.26 Å². The maximum absolute atomic E-state index is 12.3. The van der Waals surface area contributed by atoms with Gasteiger partial charge < -0.3 is 9.64 Å². The van der Waals surface area contributed by atoms with E-state index in [1.807, 2.05) is 6.07 Å². The van der Waals surface area contributed by atoms with E-state index in [0.717, 1.165) is 5.56 Å². The number of amides is 1. The molecule has 2 aromatic carbocycles. The van der Waals surface area contributed by atoms with Crippen LogP contribution in [0.4, 0.5) is 11.4 Å². The smallest absolute Gasteiger partial charge is 0.311 e. The van der Waals surface area contributed by atoms with Crippen LogP contribution in [0.15, 0.2) is 42.5 Å². The normalized spacial score (nSPS) is 10.0. The third-order valence-electron chi connectivity index (χ3n) is 3.67. The number of methoxy groups -OCH3 is 1. The zero-order valence-corrected chi connectivity index (χ0v) is 15.2. The Bertz CT molecular complexity index is 864. The number of hydrogen-bond acceptors (Lipinski definition) is 6. The van der Waals surface area contributed by atoms with Crippen LogP contribution in [-0.2, 0) is 10.5 Å². The molecule has 134 valence electrons. The number of rotatable bonds is 7. The Hall–Kier alpha value is -3.05. The molecule has 0 heterocycles. The molecule has 0 atom stereocenters. The van der Waals surface area contributed by atoms with Crippen LogP contribution in [-0.4, -0.2) is 30.7 Å². The van der Waals surface area contributed by atoms with Gasteiger partial charge in [-0.15, -0.1) is 11.8 Å². The molecule has 8 heteroatoms. The number of anilines is 1. The molecule has 0 saturated carbocycles. The van der Waals surface area contributed by atoms with Crippen LogP contribution in [0.25, 0.3) is 0 Å². The molecule has 0 spiro atoms. The Morgan fingerprint density at radius 2 is 2.12 bits per heavy atom. The predicted molar refractivity (Wildman–Crippen MR) is 100 cm³/mol. The summed E-state index contributed by atoms with van der Waals surface area (Å²) >= 11 is 1.36. The molecule has 26 heavy (non-hydrogen) atoms. The van der Waals surface area contributed by atoms with Gasteiger partial charge in [0.25, 0.3) is 0 Å². The highest BCUT2D eigenvalue weighted by molar-refractivity contribution is 7.99. The minimum Gasteiger partial charge on any atom is -0.490 e. The van der Waals surface area contributed by atoms with E-state index in [1.54, 1.807) is 43.4 Å². The van der Waals surface area contributed by atoms with Crippen LogP contribution in [0.1, 0.15) is 11.1 Å². The first-order chi connectivity index (χ1) is 12.5. The molecule has 1 amide bonds. The first kappa shape index (κ1) is 19.3. The molecule has 0 aliphatic carbocycles. The first-order valence-corrected chi connectivity index (χ1v) is 8.77. The molecule has 0 N–H and O–H groups in total. The minimum absolute atomic E-state index is 0.0950. The molecule has 7 nitrogen and oxygen atoms in total. The van der Waals surface area contributed by atoms with Crippen molar-refractivity contribution in [3.8, 4) is 11.8 Å². The standard InChI is InChI=1S/C18H17N3O4S/c1-20(15-5-3-4-13(8-15)10-19)18(22)12-26-11-14-6-7-17(25-2)16(9-14)21(23)24/h3-9H,11-12H2,1-2H3. The van der Waals surface area contributed by atoms with Crippen molar-refractivity contribution in [3.63, 3.8) is 0 Å². The minimum atomic E-state index is -0.492. The van der Waals surface area contributed by atoms with Crippen LogP contribution < -0.4 is 9.64 Å². The highest BCUT2D eigenvalue weighted by atomic mass is 32.2. The molecule has 0 saturated heterocycles. The van der Waals surface area contributed by atoms with E-state index >= 15 is 0 Å². The highest BCUT2D eigenvalue weighted by Crippen LogP contribution is 2.29. The number of hydrogen-bond donors (Lipinski definition) is 0. The van der Waals surface area contributed by atoms with Crippen molar-refractivity contribution in [2.75, 3.05) is 24.8 Å². The summed E-state index contributed by atoms with van der Waals surface area (Å²) < 4.78 is 4.97. The second kappa shape index (κ2) is 8.87. The van der Waals surface area contributed by atoms with Crippen LogP contribution in [0.3, 0.4) is 0 Å². The summed E-state index contributed by atoms with van der Waals surface area (Å²) in [5, 5.41) is 20.0. The quantitative estimate of drug-likeness (QED) is 0.547. The van der Waals surface area contributed by atoms with Crippen molar-refractivity contribution in [2.45, 2.75) is 5.75 Å². The summed E-state index contributed by atoms with van der Waals surface area (Å²) in [6.45, 7) is 0. The first-order valence-electron chi connectivity index (χ1n) is 7.62. The van der Waals surface area contributed by atoms with Gasteiger partial charge in [0.2, 0.25) is 5.91 Å². The number of nitrogens with zero attached hydrogens (tertiary/aromatic N) is 3. The number of carbonyl (C=O) groups excluding carboxylic acids is 1. The van der Waals surface area contributed by atoms with Gasteiger partial charge in [0.15, 0.2) is 5.75 Å². The maximum Gasteiger partial charge on any atom is 0.311 e. The van der Waals surface area contributed by atoms with Gasteiger partial charge >= 0.3 is 5.69 Å². The molecule has 0 aromatic heterocycles. The van der Waals surface area contributed by atoms with E-state index in [-0.39, 0.29) is 23.1 Å². The second-order valence-corrected chi connectivity index (χ2v) is 6.36. The third kappa shape index (κ3) is 4.74. The molecule has 0 aliphatic rings. The van der Waals surface area contributed by atoms with Crippen LogP contribution >= 0.6 is 11.8 Å². The van der Waals surface area contributed by atoms with Gasteiger partial charge in [-0.25, -0.2) is 0 Å². The average Bonchev–Trinajstić information content (AvgIpc) is 2.67. The summed E-state index contributed by atoms with van der Waals surface area (Å²) in [7, 11) is 3.03. The average molecular weight is 371 g/mol. The van der Waals surface area contributed by atoms with Crippen LogP contribution in [0.5, 0.6) is 5.75 Å². The maximum atomic E-state index is 12.3. The van der Waals surface area contributed by atoms with E-state index in [4.69, 9.17) is 10.00 Å². The van der Waals surface area contributed by atoms with Crippen molar-refractivity contribution in [1.29, 1.82) is 5.26 Å². The lowest BCUT2D eigenvalue weighted by Gasteiger charge is -2.17. The number of ether oxygens (including phenoxy) is 1. The van der Waals surface area contributed by atoms with Crippen molar-refractivity contribution < 1.29 is 14.5 Å². The summed E-state index contributed by atoms with van der Waals surface area (Å²) in [6.07, 6.45) is 0. The predicted octanol–water partition coefficient (Wildman–Crippen LogP) is 3.37. The molecule has 0 radical (unpaired) electrons. The number of thioether (sulfide) groups is 1. The Kier molecular flexibility index (Phi) is 6.58. The molecular weight excluding hydrogens is 354 g/mol. The zero-order chi connectivity index (χ0) is 19.1. The Labute approximate surface area is 155 Å². The fraction of sp³-hybridized carbons (Fsp3) is 0.222. The Morgan fingerprint density at radius 3 is 2.77 bits per heavy atom. The van der Waals surface area contributed by atoms with E-state index in [2.05, 4.69) is 0 Å². The van der Waals surface area contributed by atoms with Crippen LogP contribution in [0.2, 0.25) is 0 Å². The Balaban J connectivity index is 1.96. The highest BCUT2D eigenvalue weighted by Gasteiger charge is 2.16. The second-order valence-electron chi connectivity index (χ2n) is 5.37. The van der Waals surface area contributed by atoms with Crippen LogP contribution in [0, 0.1) is 21.4 Å². The number of nitro benzene ring substituents is 1. The molecule has 0 bridgehead atoms. The summed E-state index contributed by atoms with van der Waals surface area (Å²) in [6, 6.07) is 13.6.